The Morgan fingerprint density at radius 1 is 1.21 bits per heavy atom. The number of pyridine rings is 1. The standard InChI is InChI=1S/C25H32N4O4/c1-7-28-23(31)21(27-19-14-26-13-17-10-8-9-11-18(17)19)20(16(3)30)22(24(32)33)29(28)15(2)12-25(4,5)6/h8-11,13-15,22,27H,7,12H2,1-6H3,(H,32,33). The van der Waals surface area contributed by atoms with E-state index >= 15 is 0 Å². The molecular formula is C25H32N4O4. The number of Topliss-reactive ketones (excluding diaryl/α,β-unsaturated/α-hetero) is 1. The number of hydrazine groups is 1. The first-order valence-electron chi connectivity index (χ1n) is 11.1. The smallest absolute Gasteiger partial charge is 0.327 e. The van der Waals surface area contributed by atoms with Crippen molar-refractivity contribution in [2.24, 2.45) is 5.41 Å². The lowest BCUT2D eigenvalue weighted by atomic mass is 9.87. The lowest BCUT2D eigenvalue weighted by Crippen LogP contribution is -2.63. The molecular weight excluding hydrogens is 420 g/mol. The average molecular weight is 453 g/mol. The van der Waals surface area contributed by atoms with Gasteiger partial charge in [0.1, 0.15) is 5.70 Å². The molecule has 0 spiro atoms. The summed E-state index contributed by atoms with van der Waals surface area (Å²) in [5.41, 5.74) is 0.365. The minimum Gasteiger partial charge on any atom is -0.480 e. The number of hydrogen-bond donors (Lipinski definition) is 2. The van der Waals surface area contributed by atoms with E-state index in [0.717, 1.165) is 10.8 Å². The van der Waals surface area contributed by atoms with E-state index in [1.807, 2.05) is 31.2 Å². The number of nitrogens with zero attached hydrogens (tertiary/aromatic N) is 3. The monoisotopic (exact) mass is 452 g/mol. The summed E-state index contributed by atoms with van der Waals surface area (Å²) < 4.78 is 0. The largest absolute Gasteiger partial charge is 0.480 e. The molecule has 2 unspecified atom stereocenters. The van der Waals surface area contributed by atoms with Crippen LogP contribution in [0, 0.1) is 5.41 Å². The van der Waals surface area contributed by atoms with Crippen LogP contribution < -0.4 is 5.32 Å². The van der Waals surface area contributed by atoms with Crippen molar-refractivity contribution in [3.05, 3.63) is 47.9 Å². The molecule has 0 aliphatic carbocycles. The molecule has 3 rings (SSSR count). The first-order valence-corrected chi connectivity index (χ1v) is 11.1. The van der Waals surface area contributed by atoms with Gasteiger partial charge in [0.2, 0.25) is 0 Å². The van der Waals surface area contributed by atoms with Crippen LogP contribution in [0.25, 0.3) is 10.8 Å². The minimum atomic E-state index is -1.29. The molecule has 0 fully saturated rings. The van der Waals surface area contributed by atoms with Gasteiger partial charge >= 0.3 is 5.97 Å². The summed E-state index contributed by atoms with van der Waals surface area (Å²) >= 11 is 0. The third-order valence-electron chi connectivity index (χ3n) is 5.73. The van der Waals surface area contributed by atoms with Crippen LogP contribution in [-0.4, -0.2) is 56.4 Å². The molecule has 2 N–H and O–H groups in total. The number of fused-ring (bicyclic) bond motifs is 1. The van der Waals surface area contributed by atoms with Crippen LogP contribution in [0.1, 0.15) is 48.0 Å². The van der Waals surface area contributed by atoms with Crippen LogP contribution in [0.5, 0.6) is 0 Å². The van der Waals surface area contributed by atoms with E-state index in [1.165, 1.54) is 11.9 Å². The van der Waals surface area contributed by atoms with Gasteiger partial charge in [-0.05, 0) is 32.6 Å². The Bertz CT molecular complexity index is 1110. The Kier molecular flexibility index (Phi) is 6.88. The van der Waals surface area contributed by atoms with Gasteiger partial charge in [0.15, 0.2) is 11.8 Å². The van der Waals surface area contributed by atoms with Crippen LogP contribution in [0.2, 0.25) is 0 Å². The Morgan fingerprint density at radius 2 is 1.88 bits per heavy atom. The molecule has 8 nitrogen and oxygen atoms in total. The number of carbonyl (C=O) groups is 3. The zero-order valence-corrected chi connectivity index (χ0v) is 20.0. The van der Waals surface area contributed by atoms with Crippen LogP contribution in [0.4, 0.5) is 5.69 Å². The SMILES string of the molecule is CCN1C(=O)C(Nc2cncc3ccccc23)=C(C(C)=O)C(C(=O)O)N1C(C)CC(C)(C)C. The van der Waals surface area contributed by atoms with Crippen LogP contribution in [-0.2, 0) is 14.4 Å². The third-order valence-corrected chi connectivity index (χ3v) is 5.73. The molecule has 2 aromatic rings. The number of amides is 1. The normalized spacial score (nSPS) is 18.5. The van der Waals surface area contributed by atoms with Gasteiger partial charge in [0.25, 0.3) is 5.91 Å². The number of anilines is 1. The molecule has 8 heteroatoms. The van der Waals surface area contributed by atoms with Gasteiger partial charge in [-0.1, -0.05) is 45.0 Å². The Hall–Kier alpha value is -3.26. The Morgan fingerprint density at radius 3 is 2.45 bits per heavy atom. The fourth-order valence-corrected chi connectivity index (χ4v) is 4.61. The number of aliphatic carboxylic acids is 1. The van der Waals surface area contributed by atoms with E-state index in [-0.39, 0.29) is 29.3 Å². The van der Waals surface area contributed by atoms with Crippen molar-refractivity contribution in [2.75, 3.05) is 11.9 Å². The summed E-state index contributed by atoms with van der Waals surface area (Å²) in [7, 11) is 0. The first kappa shape index (κ1) is 24.4. The van der Waals surface area contributed by atoms with E-state index in [9.17, 15) is 19.5 Å². The molecule has 0 radical (unpaired) electrons. The fourth-order valence-electron chi connectivity index (χ4n) is 4.61. The van der Waals surface area contributed by atoms with Crippen molar-refractivity contribution in [1.29, 1.82) is 0 Å². The summed E-state index contributed by atoms with van der Waals surface area (Å²) in [6.45, 7) is 11.4. The van der Waals surface area contributed by atoms with Crippen molar-refractivity contribution in [3.8, 4) is 0 Å². The lowest BCUT2D eigenvalue weighted by Gasteiger charge is -2.47. The van der Waals surface area contributed by atoms with E-state index in [2.05, 4.69) is 31.1 Å². The number of nitrogens with one attached hydrogen (secondary N) is 1. The highest BCUT2D eigenvalue weighted by Gasteiger charge is 2.47. The lowest BCUT2D eigenvalue weighted by molar-refractivity contribution is -0.170. The summed E-state index contributed by atoms with van der Waals surface area (Å²) in [4.78, 5) is 43.2. The highest BCUT2D eigenvalue weighted by atomic mass is 16.4. The Labute approximate surface area is 194 Å². The first-order chi connectivity index (χ1) is 15.5. The maximum absolute atomic E-state index is 13.7. The molecule has 0 saturated carbocycles. The van der Waals surface area contributed by atoms with Crippen LogP contribution in [0.3, 0.4) is 0 Å². The van der Waals surface area contributed by atoms with E-state index in [4.69, 9.17) is 0 Å². The number of carboxylic acid groups (broad SMARTS) is 1. The molecule has 33 heavy (non-hydrogen) atoms. The Balaban J connectivity index is 2.19. The van der Waals surface area contributed by atoms with Gasteiger partial charge in [-0.25, -0.2) is 0 Å². The number of ketones is 1. The number of aromatic nitrogens is 1. The summed E-state index contributed by atoms with van der Waals surface area (Å²) in [6.07, 6.45) is 3.92. The highest BCUT2D eigenvalue weighted by Crippen LogP contribution is 2.34. The van der Waals surface area contributed by atoms with E-state index in [0.29, 0.717) is 12.1 Å². The number of hydrogen-bond acceptors (Lipinski definition) is 6. The van der Waals surface area contributed by atoms with Gasteiger partial charge in [0, 0.05) is 29.6 Å². The predicted octanol–water partition coefficient (Wildman–Crippen LogP) is 3.85. The predicted molar refractivity (Wildman–Crippen MR) is 127 cm³/mol. The summed E-state index contributed by atoms with van der Waals surface area (Å²) in [5, 5.41) is 18.0. The summed E-state index contributed by atoms with van der Waals surface area (Å²) in [5.74, 6) is -2.08. The summed E-state index contributed by atoms with van der Waals surface area (Å²) in [6, 6.07) is 5.95. The molecule has 0 bridgehead atoms. The second-order valence-corrected chi connectivity index (χ2v) is 9.63. The number of rotatable bonds is 7. The van der Waals surface area contributed by atoms with Gasteiger partial charge in [0.05, 0.1) is 17.5 Å². The second-order valence-electron chi connectivity index (χ2n) is 9.63. The average Bonchev–Trinajstić information content (AvgIpc) is 2.72. The number of benzene rings is 1. The van der Waals surface area contributed by atoms with Gasteiger partial charge < -0.3 is 10.4 Å². The molecule has 1 aliphatic heterocycles. The van der Waals surface area contributed by atoms with E-state index < -0.39 is 23.7 Å². The fraction of sp³-hybridized carbons (Fsp3) is 0.440. The van der Waals surface area contributed by atoms with E-state index in [1.54, 1.807) is 24.3 Å². The van der Waals surface area contributed by atoms with Crippen molar-refractivity contribution in [1.82, 2.24) is 15.0 Å². The molecule has 176 valence electrons. The van der Waals surface area contributed by atoms with Gasteiger partial charge in [-0.15, -0.1) is 0 Å². The van der Waals surface area contributed by atoms with Crippen molar-refractivity contribution in [3.63, 3.8) is 0 Å². The number of carboxylic acids is 1. The minimum absolute atomic E-state index is 0.0193. The van der Waals surface area contributed by atoms with Gasteiger partial charge in [-0.2, -0.15) is 5.01 Å². The van der Waals surface area contributed by atoms with Crippen molar-refractivity contribution >= 4 is 34.1 Å². The molecule has 2 heterocycles. The van der Waals surface area contributed by atoms with Crippen LogP contribution >= 0.6 is 0 Å². The molecule has 1 aromatic heterocycles. The number of carbonyl (C=O) groups excluding carboxylic acids is 2. The molecule has 1 amide bonds. The zero-order chi connectivity index (χ0) is 24.5. The maximum atomic E-state index is 13.7. The second kappa shape index (κ2) is 9.31. The molecule has 0 saturated heterocycles. The quantitative estimate of drug-likeness (QED) is 0.658. The topological polar surface area (TPSA) is 103 Å². The molecule has 1 aromatic carbocycles. The van der Waals surface area contributed by atoms with Crippen molar-refractivity contribution in [2.45, 2.75) is 60.0 Å². The molecule has 2 atom stereocenters. The number of likely N-dealkylation sites (N-methyl/N-ethyl adjacent to an activating group) is 1. The van der Waals surface area contributed by atoms with Crippen molar-refractivity contribution < 1.29 is 19.5 Å². The third kappa shape index (κ3) is 4.90. The van der Waals surface area contributed by atoms with Crippen LogP contribution in [0.15, 0.2) is 47.9 Å². The maximum Gasteiger partial charge on any atom is 0.327 e. The molecule has 1 aliphatic rings. The zero-order valence-electron chi connectivity index (χ0n) is 20.0. The van der Waals surface area contributed by atoms with Gasteiger partial charge in [-0.3, -0.25) is 24.4 Å². The highest BCUT2D eigenvalue weighted by molar-refractivity contribution is 6.12.